The third-order valence-corrected chi connectivity index (χ3v) is 6.29. The molecule has 7 nitrogen and oxygen atoms in total. The Morgan fingerprint density at radius 1 is 0.909 bits per heavy atom. The Balaban J connectivity index is 1.50. The molecule has 0 radical (unpaired) electrons. The Kier molecular flexibility index (Phi) is 6.65. The molecule has 0 aliphatic carbocycles. The molecule has 3 aromatic rings. The van der Waals surface area contributed by atoms with E-state index >= 15 is 0 Å². The van der Waals surface area contributed by atoms with Gasteiger partial charge in [-0.2, -0.15) is 0 Å². The van der Waals surface area contributed by atoms with Crippen molar-refractivity contribution < 1.29 is 19.2 Å². The summed E-state index contributed by atoms with van der Waals surface area (Å²) in [7, 11) is 0. The first kappa shape index (κ1) is 22.4. The molecular formula is C25H23N3O4S. The van der Waals surface area contributed by atoms with Gasteiger partial charge in [0.25, 0.3) is 0 Å². The SMILES string of the molecule is Cc1ccc(N2C(=O)C(=O)N(CC(=O)N(CCc3ccccc3)Cc3cccs3)C2=O)cc1. The lowest BCUT2D eigenvalue weighted by atomic mass is 10.1. The van der Waals surface area contributed by atoms with Crippen LogP contribution < -0.4 is 4.90 Å². The lowest BCUT2D eigenvalue weighted by molar-refractivity contribution is -0.142. The number of amides is 5. The number of anilines is 1. The second-order valence-electron chi connectivity index (χ2n) is 7.78. The van der Waals surface area contributed by atoms with Gasteiger partial charge in [0.05, 0.1) is 12.2 Å². The smallest absolute Gasteiger partial charge is 0.336 e. The number of carbonyl (C=O) groups excluding carboxylic acids is 4. The molecule has 0 N–H and O–H groups in total. The Morgan fingerprint density at radius 2 is 1.64 bits per heavy atom. The number of hydrogen-bond donors (Lipinski definition) is 0. The second-order valence-corrected chi connectivity index (χ2v) is 8.81. The number of nitrogens with zero attached hydrogens (tertiary/aromatic N) is 3. The van der Waals surface area contributed by atoms with Gasteiger partial charge in [-0.1, -0.05) is 54.1 Å². The maximum Gasteiger partial charge on any atom is 0.339 e. The van der Waals surface area contributed by atoms with Crippen LogP contribution in [0, 0.1) is 6.92 Å². The molecular weight excluding hydrogens is 438 g/mol. The quantitative estimate of drug-likeness (QED) is 0.379. The van der Waals surface area contributed by atoms with Crippen molar-refractivity contribution in [3.63, 3.8) is 0 Å². The summed E-state index contributed by atoms with van der Waals surface area (Å²) in [5, 5.41) is 1.93. The maximum absolute atomic E-state index is 13.2. The first-order chi connectivity index (χ1) is 15.9. The van der Waals surface area contributed by atoms with E-state index in [4.69, 9.17) is 0 Å². The summed E-state index contributed by atoms with van der Waals surface area (Å²) in [6.45, 7) is 2.19. The monoisotopic (exact) mass is 461 g/mol. The lowest BCUT2D eigenvalue weighted by Crippen LogP contribution is -2.43. The summed E-state index contributed by atoms with van der Waals surface area (Å²) in [6, 6.07) is 19.5. The van der Waals surface area contributed by atoms with Crippen LogP contribution in [0.3, 0.4) is 0 Å². The van der Waals surface area contributed by atoms with Crippen LogP contribution >= 0.6 is 11.3 Å². The zero-order valence-corrected chi connectivity index (χ0v) is 19.0. The first-order valence-corrected chi connectivity index (χ1v) is 11.4. The molecule has 0 bridgehead atoms. The van der Waals surface area contributed by atoms with E-state index in [9.17, 15) is 19.2 Å². The van der Waals surface area contributed by atoms with E-state index in [0.717, 1.165) is 25.8 Å². The average Bonchev–Trinajstić information content (AvgIpc) is 3.41. The summed E-state index contributed by atoms with van der Waals surface area (Å²) in [5.41, 5.74) is 2.34. The van der Waals surface area contributed by atoms with E-state index in [0.29, 0.717) is 25.2 Å². The van der Waals surface area contributed by atoms with Gasteiger partial charge in [0.2, 0.25) is 5.91 Å². The molecule has 2 aromatic carbocycles. The van der Waals surface area contributed by atoms with Gasteiger partial charge in [0.15, 0.2) is 0 Å². The van der Waals surface area contributed by atoms with Gasteiger partial charge in [-0.15, -0.1) is 11.3 Å². The number of hydrogen-bond acceptors (Lipinski definition) is 5. The molecule has 5 amide bonds. The van der Waals surface area contributed by atoms with Gasteiger partial charge < -0.3 is 4.90 Å². The molecule has 0 atom stereocenters. The summed E-state index contributed by atoms with van der Waals surface area (Å²) in [5.74, 6) is -2.33. The summed E-state index contributed by atoms with van der Waals surface area (Å²) >= 11 is 1.53. The van der Waals surface area contributed by atoms with Crippen molar-refractivity contribution in [1.29, 1.82) is 0 Å². The fraction of sp³-hybridized carbons (Fsp3) is 0.200. The topological polar surface area (TPSA) is 78.0 Å². The third-order valence-electron chi connectivity index (χ3n) is 5.43. The predicted molar refractivity (Wildman–Crippen MR) is 126 cm³/mol. The first-order valence-electron chi connectivity index (χ1n) is 10.5. The molecule has 8 heteroatoms. The van der Waals surface area contributed by atoms with Crippen molar-refractivity contribution in [2.75, 3.05) is 18.0 Å². The highest BCUT2D eigenvalue weighted by Gasteiger charge is 2.46. The second kappa shape index (κ2) is 9.79. The van der Waals surface area contributed by atoms with Crippen molar-refractivity contribution in [1.82, 2.24) is 9.80 Å². The minimum Gasteiger partial charge on any atom is -0.336 e. The molecule has 0 spiro atoms. The van der Waals surface area contributed by atoms with Crippen LogP contribution in [-0.2, 0) is 27.3 Å². The molecule has 2 heterocycles. The largest absolute Gasteiger partial charge is 0.339 e. The summed E-state index contributed by atoms with van der Waals surface area (Å²) < 4.78 is 0. The van der Waals surface area contributed by atoms with Crippen LogP contribution in [0.4, 0.5) is 10.5 Å². The number of benzene rings is 2. The van der Waals surface area contributed by atoms with E-state index in [-0.39, 0.29) is 5.91 Å². The molecule has 33 heavy (non-hydrogen) atoms. The molecule has 4 rings (SSSR count). The van der Waals surface area contributed by atoms with Gasteiger partial charge in [0, 0.05) is 11.4 Å². The molecule has 1 aliphatic rings. The Hall–Kier alpha value is -3.78. The van der Waals surface area contributed by atoms with Crippen LogP contribution in [0.15, 0.2) is 72.1 Å². The molecule has 1 aromatic heterocycles. The van der Waals surface area contributed by atoms with Crippen LogP contribution in [-0.4, -0.2) is 46.6 Å². The summed E-state index contributed by atoms with van der Waals surface area (Å²) in [4.78, 5) is 55.4. The van der Waals surface area contributed by atoms with Gasteiger partial charge in [0.1, 0.15) is 6.54 Å². The van der Waals surface area contributed by atoms with Gasteiger partial charge in [-0.25, -0.2) is 14.6 Å². The average molecular weight is 462 g/mol. The highest BCUT2D eigenvalue weighted by Crippen LogP contribution is 2.23. The van der Waals surface area contributed by atoms with Gasteiger partial charge in [-0.3, -0.25) is 14.4 Å². The van der Waals surface area contributed by atoms with Gasteiger partial charge in [-0.05, 0) is 42.5 Å². The van der Waals surface area contributed by atoms with Gasteiger partial charge >= 0.3 is 17.8 Å². The minimum atomic E-state index is -0.993. The van der Waals surface area contributed by atoms with Crippen LogP contribution in [0.1, 0.15) is 16.0 Å². The van der Waals surface area contributed by atoms with Crippen molar-refractivity contribution in [2.24, 2.45) is 0 Å². The number of aryl methyl sites for hydroxylation is 1. The molecule has 1 saturated heterocycles. The Bertz CT molecular complexity index is 1160. The highest BCUT2D eigenvalue weighted by atomic mass is 32.1. The summed E-state index contributed by atoms with van der Waals surface area (Å²) in [6.07, 6.45) is 0.633. The predicted octanol–water partition coefficient (Wildman–Crippen LogP) is 3.62. The highest BCUT2D eigenvalue weighted by molar-refractivity contribution is 7.09. The van der Waals surface area contributed by atoms with Crippen LogP contribution in [0.2, 0.25) is 0 Å². The molecule has 0 saturated carbocycles. The van der Waals surface area contributed by atoms with Crippen molar-refractivity contribution in [3.05, 3.63) is 88.1 Å². The zero-order valence-electron chi connectivity index (χ0n) is 18.1. The fourth-order valence-electron chi connectivity index (χ4n) is 3.59. The van der Waals surface area contributed by atoms with Crippen molar-refractivity contribution in [3.8, 4) is 0 Å². The van der Waals surface area contributed by atoms with E-state index < -0.39 is 24.4 Å². The number of carbonyl (C=O) groups is 4. The molecule has 0 unspecified atom stereocenters. The van der Waals surface area contributed by atoms with E-state index in [1.807, 2.05) is 54.8 Å². The number of imide groups is 2. The number of urea groups is 1. The number of thiophene rings is 1. The normalized spacial score (nSPS) is 13.7. The Morgan fingerprint density at radius 3 is 2.30 bits per heavy atom. The fourth-order valence-corrected chi connectivity index (χ4v) is 4.31. The molecule has 1 aliphatic heterocycles. The van der Waals surface area contributed by atoms with E-state index in [1.54, 1.807) is 29.2 Å². The standard InChI is InChI=1S/C25H23N3O4S/c1-18-9-11-20(12-10-18)28-24(31)23(30)27(25(28)32)17-22(29)26(16-21-8-5-15-33-21)14-13-19-6-3-2-4-7-19/h2-12,15H,13-14,16-17H2,1H3. The minimum absolute atomic E-state index is 0.304. The lowest BCUT2D eigenvalue weighted by Gasteiger charge is -2.24. The maximum atomic E-state index is 13.2. The molecule has 168 valence electrons. The Labute approximate surface area is 195 Å². The van der Waals surface area contributed by atoms with Crippen LogP contribution in [0.25, 0.3) is 0 Å². The van der Waals surface area contributed by atoms with E-state index in [2.05, 4.69) is 0 Å². The van der Waals surface area contributed by atoms with E-state index in [1.165, 1.54) is 11.3 Å². The van der Waals surface area contributed by atoms with Crippen molar-refractivity contribution >= 4 is 40.8 Å². The third kappa shape index (κ3) is 5.01. The molecule has 1 fully saturated rings. The van der Waals surface area contributed by atoms with Crippen molar-refractivity contribution in [2.45, 2.75) is 19.9 Å². The number of rotatable bonds is 8. The zero-order chi connectivity index (χ0) is 23.4. The van der Waals surface area contributed by atoms with Crippen LogP contribution in [0.5, 0.6) is 0 Å².